The van der Waals surface area contributed by atoms with Crippen LogP contribution in [0.4, 0.5) is 0 Å². The lowest BCUT2D eigenvalue weighted by Crippen LogP contribution is -1.77. The van der Waals surface area contributed by atoms with Gasteiger partial charge in [-0.05, 0) is 35.8 Å². The zero-order chi connectivity index (χ0) is 12.6. The van der Waals surface area contributed by atoms with Gasteiger partial charge in [-0.1, -0.05) is 72.5 Å². The molecule has 1 heteroatoms. The minimum atomic E-state index is 1.01. The summed E-state index contributed by atoms with van der Waals surface area (Å²) in [5, 5.41) is 0. The van der Waals surface area contributed by atoms with Crippen molar-refractivity contribution in [1.82, 2.24) is 0 Å². The molecule has 94 valence electrons. The van der Waals surface area contributed by atoms with Crippen LogP contribution in [0.1, 0.15) is 58.3 Å². The van der Waals surface area contributed by atoms with Crippen molar-refractivity contribution in [3.8, 4) is 23.7 Å². The molecule has 0 aliphatic heterocycles. The number of allylic oxidation sites excluding steroid dienone is 2. The number of unbranched alkanes of at least 4 members (excludes halogenated alkanes) is 6. The molecule has 0 N–H and O–H groups in total. The van der Waals surface area contributed by atoms with Crippen LogP contribution in [0.5, 0.6) is 0 Å². The summed E-state index contributed by atoms with van der Waals surface area (Å²) in [5.74, 6) is 12.3. The first-order valence-electron chi connectivity index (χ1n) is 6.59. The van der Waals surface area contributed by atoms with Crippen LogP contribution in [0.25, 0.3) is 0 Å². The highest BCUT2D eigenvalue weighted by Crippen LogP contribution is 2.03. The summed E-state index contributed by atoms with van der Waals surface area (Å²) in [7, 11) is 0. The number of halogens is 1. The number of alkyl halides is 1. The molecule has 0 fully saturated rings. The van der Waals surface area contributed by atoms with Crippen LogP contribution in [0.15, 0.2) is 12.2 Å². The van der Waals surface area contributed by atoms with Crippen LogP contribution < -0.4 is 0 Å². The van der Waals surface area contributed by atoms with Gasteiger partial charge in [0.15, 0.2) is 0 Å². The summed E-state index contributed by atoms with van der Waals surface area (Å²) in [6, 6.07) is 0. The fourth-order valence-corrected chi connectivity index (χ4v) is 1.81. The molecule has 0 spiro atoms. The minimum absolute atomic E-state index is 1.01. The van der Waals surface area contributed by atoms with Gasteiger partial charge in [0.25, 0.3) is 0 Å². The highest BCUT2D eigenvalue weighted by molar-refractivity contribution is 14.1. The Labute approximate surface area is 121 Å². The van der Waals surface area contributed by atoms with Gasteiger partial charge in [-0.3, -0.25) is 0 Å². The van der Waals surface area contributed by atoms with E-state index in [-0.39, 0.29) is 0 Å². The van der Waals surface area contributed by atoms with Crippen molar-refractivity contribution in [3.05, 3.63) is 12.2 Å². The van der Waals surface area contributed by atoms with Crippen molar-refractivity contribution in [1.29, 1.82) is 0 Å². The first-order valence-corrected chi connectivity index (χ1v) is 8.12. The van der Waals surface area contributed by atoms with Crippen molar-refractivity contribution < 1.29 is 0 Å². The third-order valence-corrected chi connectivity index (χ3v) is 3.06. The molecule has 0 aliphatic rings. The van der Waals surface area contributed by atoms with Crippen LogP contribution in [-0.2, 0) is 0 Å². The Morgan fingerprint density at radius 1 is 0.824 bits per heavy atom. The second kappa shape index (κ2) is 15.6. The average molecular weight is 342 g/mol. The summed E-state index contributed by atoms with van der Waals surface area (Å²) in [6.45, 7) is 2.18. The lowest BCUT2D eigenvalue weighted by atomic mass is 10.2. The minimum Gasteiger partial charge on any atom is -0.0985 e. The molecule has 0 saturated carbocycles. The molecule has 0 aromatic rings. The summed E-state index contributed by atoms with van der Waals surface area (Å²) in [5.41, 5.74) is 0. The van der Waals surface area contributed by atoms with Gasteiger partial charge >= 0.3 is 0 Å². The molecule has 0 atom stereocenters. The van der Waals surface area contributed by atoms with Gasteiger partial charge in [0, 0.05) is 12.8 Å². The standard InChI is InChI=1S/C16H23I/c1-2-3-4-5-6-7-8-9-10-11-12-13-14-15-16-17/h7-8H,2-4,11-16H2,1H3. The van der Waals surface area contributed by atoms with Crippen LogP contribution in [0.2, 0.25) is 0 Å². The first-order chi connectivity index (χ1) is 8.41. The first kappa shape index (κ1) is 16.6. The van der Waals surface area contributed by atoms with Gasteiger partial charge in [-0.2, -0.15) is 0 Å². The highest BCUT2D eigenvalue weighted by atomic mass is 127. The molecular formula is C16H23I. The molecule has 0 aromatic heterocycles. The fourth-order valence-electron chi connectivity index (χ4n) is 1.27. The fraction of sp³-hybridized carbons (Fsp3) is 0.625. The Balaban J connectivity index is 3.39. The van der Waals surface area contributed by atoms with E-state index in [1.807, 2.05) is 12.2 Å². The van der Waals surface area contributed by atoms with E-state index >= 15 is 0 Å². The van der Waals surface area contributed by atoms with Gasteiger partial charge in [-0.15, -0.1) is 0 Å². The average Bonchev–Trinajstić information content (AvgIpc) is 2.35. The molecular weight excluding hydrogens is 319 g/mol. The van der Waals surface area contributed by atoms with Crippen molar-refractivity contribution in [2.45, 2.75) is 58.3 Å². The third-order valence-electron chi connectivity index (χ3n) is 2.29. The Morgan fingerprint density at radius 3 is 2.00 bits per heavy atom. The summed E-state index contributed by atoms with van der Waals surface area (Å²) >= 11 is 2.43. The molecule has 0 saturated heterocycles. The van der Waals surface area contributed by atoms with Gasteiger partial charge in [-0.25, -0.2) is 0 Å². The summed E-state index contributed by atoms with van der Waals surface area (Å²) in [6.07, 6.45) is 13.4. The van der Waals surface area contributed by atoms with E-state index in [2.05, 4.69) is 53.2 Å². The largest absolute Gasteiger partial charge is 0.0985 e. The SMILES string of the molecule is CCCCC#CC=CC#CCCCCCCI. The zero-order valence-corrected chi connectivity index (χ0v) is 13.1. The second-order valence-corrected chi connectivity index (χ2v) is 5.01. The molecule has 0 rings (SSSR count). The van der Waals surface area contributed by atoms with E-state index < -0.39 is 0 Å². The van der Waals surface area contributed by atoms with Crippen LogP contribution in [0.3, 0.4) is 0 Å². The number of hydrogen-bond acceptors (Lipinski definition) is 0. The molecule has 0 bridgehead atoms. The van der Waals surface area contributed by atoms with Gasteiger partial charge in [0.2, 0.25) is 0 Å². The number of rotatable bonds is 7. The molecule has 0 heterocycles. The zero-order valence-electron chi connectivity index (χ0n) is 10.9. The topological polar surface area (TPSA) is 0 Å². The van der Waals surface area contributed by atoms with E-state index in [0.717, 1.165) is 12.8 Å². The molecule has 0 aromatic carbocycles. The quantitative estimate of drug-likeness (QED) is 0.261. The molecule has 0 aliphatic carbocycles. The Kier molecular flexibility index (Phi) is 15.2. The Morgan fingerprint density at radius 2 is 1.41 bits per heavy atom. The van der Waals surface area contributed by atoms with Gasteiger partial charge in [0.05, 0.1) is 0 Å². The maximum Gasteiger partial charge on any atom is 0.00922 e. The van der Waals surface area contributed by atoms with Crippen LogP contribution in [0, 0.1) is 23.7 Å². The van der Waals surface area contributed by atoms with Crippen molar-refractivity contribution in [2.24, 2.45) is 0 Å². The maximum absolute atomic E-state index is 3.16. The maximum atomic E-state index is 3.16. The number of hydrogen-bond donors (Lipinski definition) is 0. The predicted molar refractivity (Wildman–Crippen MR) is 86.2 cm³/mol. The predicted octanol–water partition coefficient (Wildman–Crippen LogP) is 5.13. The van der Waals surface area contributed by atoms with E-state index in [9.17, 15) is 0 Å². The van der Waals surface area contributed by atoms with Crippen LogP contribution >= 0.6 is 22.6 Å². The molecule has 0 nitrogen and oxygen atoms in total. The summed E-state index contributed by atoms with van der Waals surface area (Å²) in [4.78, 5) is 0. The molecule has 0 amide bonds. The highest BCUT2D eigenvalue weighted by Gasteiger charge is 1.85. The Bertz CT molecular complexity index is 293. The summed E-state index contributed by atoms with van der Waals surface area (Å²) < 4.78 is 1.28. The second-order valence-electron chi connectivity index (χ2n) is 3.93. The Hall–Kier alpha value is -0.410. The van der Waals surface area contributed by atoms with Gasteiger partial charge < -0.3 is 0 Å². The molecule has 0 unspecified atom stereocenters. The lowest BCUT2D eigenvalue weighted by molar-refractivity contribution is 0.687. The smallest absolute Gasteiger partial charge is 0.00922 e. The van der Waals surface area contributed by atoms with Crippen molar-refractivity contribution >= 4 is 22.6 Å². The van der Waals surface area contributed by atoms with E-state index in [0.29, 0.717) is 0 Å². The van der Waals surface area contributed by atoms with Crippen LogP contribution in [-0.4, -0.2) is 4.43 Å². The van der Waals surface area contributed by atoms with E-state index in [1.165, 1.54) is 43.0 Å². The van der Waals surface area contributed by atoms with Gasteiger partial charge in [0.1, 0.15) is 0 Å². The molecule has 17 heavy (non-hydrogen) atoms. The van der Waals surface area contributed by atoms with E-state index in [4.69, 9.17) is 0 Å². The molecule has 0 radical (unpaired) electrons. The van der Waals surface area contributed by atoms with E-state index in [1.54, 1.807) is 0 Å². The van der Waals surface area contributed by atoms with Crippen molar-refractivity contribution in [2.75, 3.05) is 4.43 Å². The third kappa shape index (κ3) is 15.6. The van der Waals surface area contributed by atoms with Crippen molar-refractivity contribution in [3.63, 3.8) is 0 Å². The normalized spacial score (nSPS) is 9.53. The lowest BCUT2D eigenvalue weighted by Gasteiger charge is -1.93. The monoisotopic (exact) mass is 342 g/mol.